The van der Waals surface area contributed by atoms with Gasteiger partial charge in [-0.15, -0.1) is 11.8 Å². The Morgan fingerprint density at radius 1 is 1.19 bits per heavy atom. The number of benzene rings is 1. The molecule has 2 rings (SSSR count). The van der Waals surface area contributed by atoms with Gasteiger partial charge in [0.1, 0.15) is 0 Å². The maximum absolute atomic E-state index is 3.57. The highest BCUT2D eigenvalue weighted by atomic mass is 32.2. The Kier molecular flexibility index (Phi) is 4.22. The Bertz CT molecular complexity index is 330. The van der Waals surface area contributed by atoms with E-state index in [2.05, 4.69) is 42.1 Å². The van der Waals surface area contributed by atoms with Gasteiger partial charge in [-0.2, -0.15) is 11.8 Å². The van der Waals surface area contributed by atoms with Crippen molar-refractivity contribution in [3.63, 3.8) is 0 Å². The van der Waals surface area contributed by atoms with Crippen LogP contribution in [-0.2, 0) is 6.54 Å². The van der Waals surface area contributed by atoms with Crippen molar-refractivity contribution in [1.29, 1.82) is 0 Å². The van der Waals surface area contributed by atoms with Crippen LogP contribution < -0.4 is 5.32 Å². The molecule has 1 saturated carbocycles. The van der Waals surface area contributed by atoms with E-state index in [1.165, 1.54) is 23.3 Å². The molecule has 88 valence electrons. The summed E-state index contributed by atoms with van der Waals surface area (Å²) in [6.45, 7) is 2.15. The van der Waals surface area contributed by atoms with E-state index in [0.717, 1.165) is 13.1 Å². The third-order valence-electron chi connectivity index (χ3n) is 3.18. The lowest BCUT2D eigenvalue weighted by Gasteiger charge is -2.13. The summed E-state index contributed by atoms with van der Waals surface area (Å²) in [4.78, 5) is 1.34. The van der Waals surface area contributed by atoms with Gasteiger partial charge in [-0.3, -0.25) is 0 Å². The minimum atomic E-state index is 0.569. The van der Waals surface area contributed by atoms with E-state index in [4.69, 9.17) is 0 Å². The number of rotatable bonds is 6. The Hall–Kier alpha value is -0.120. The number of thioether (sulfide) groups is 2. The van der Waals surface area contributed by atoms with Crippen molar-refractivity contribution in [1.82, 2.24) is 5.32 Å². The number of hydrogen-bond acceptors (Lipinski definition) is 3. The van der Waals surface area contributed by atoms with Gasteiger partial charge in [-0.1, -0.05) is 12.1 Å². The topological polar surface area (TPSA) is 12.0 Å². The lowest BCUT2D eigenvalue weighted by atomic mass is 10.2. The normalized spacial score (nSPS) is 17.4. The van der Waals surface area contributed by atoms with Crippen LogP contribution in [0.5, 0.6) is 0 Å². The summed E-state index contributed by atoms with van der Waals surface area (Å²) in [6.07, 6.45) is 7.10. The molecule has 0 bridgehead atoms. The molecule has 1 aliphatic rings. The van der Waals surface area contributed by atoms with E-state index in [0.29, 0.717) is 4.75 Å². The molecular formula is C13H19NS2. The average molecular weight is 253 g/mol. The van der Waals surface area contributed by atoms with Crippen LogP contribution in [0.3, 0.4) is 0 Å². The second kappa shape index (κ2) is 5.48. The van der Waals surface area contributed by atoms with Gasteiger partial charge in [0.2, 0.25) is 0 Å². The molecule has 1 nitrogen and oxygen atoms in total. The predicted octanol–water partition coefficient (Wildman–Crippen LogP) is 3.39. The molecule has 0 radical (unpaired) electrons. The molecule has 0 heterocycles. The Morgan fingerprint density at radius 2 is 1.88 bits per heavy atom. The minimum Gasteiger partial charge on any atom is -0.311 e. The monoisotopic (exact) mass is 253 g/mol. The van der Waals surface area contributed by atoms with Gasteiger partial charge in [0.25, 0.3) is 0 Å². The highest BCUT2D eigenvalue weighted by molar-refractivity contribution is 8.00. The van der Waals surface area contributed by atoms with E-state index >= 15 is 0 Å². The number of nitrogens with one attached hydrogen (secondary N) is 1. The third-order valence-corrected chi connectivity index (χ3v) is 5.34. The van der Waals surface area contributed by atoms with Crippen molar-refractivity contribution in [3.05, 3.63) is 29.8 Å². The fourth-order valence-electron chi connectivity index (χ4n) is 1.77. The number of hydrogen-bond donors (Lipinski definition) is 1. The molecule has 0 amide bonds. The van der Waals surface area contributed by atoms with Crippen molar-refractivity contribution in [2.45, 2.75) is 29.0 Å². The van der Waals surface area contributed by atoms with Gasteiger partial charge >= 0.3 is 0 Å². The maximum atomic E-state index is 3.57. The Labute approximate surface area is 107 Å². The second-order valence-corrected chi connectivity index (χ2v) is 6.49. The molecule has 1 fully saturated rings. The van der Waals surface area contributed by atoms with Gasteiger partial charge in [0.05, 0.1) is 0 Å². The average Bonchev–Trinajstić information content (AvgIpc) is 3.11. The van der Waals surface area contributed by atoms with E-state index in [1.807, 2.05) is 11.8 Å². The molecule has 1 aromatic carbocycles. The van der Waals surface area contributed by atoms with Crippen LogP contribution >= 0.6 is 23.5 Å². The van der Waals surface area contributed by atoms with Crippen LogP contribution in [0.15, 0.2) is 29.2 Å². The van der Waals surface area contributed by atoms with Gasteiger partial charge in [-0.25, -0.2) is 0 Å². The van der Waals surface area contributed by atoms with E-state index < -0.39 is 0 Å². The quantitative estimate of drug-likeness (QED) is 0.781. The fraction of sp³-hybridized carbons (Fsp3) is 0.538. The first kappa shape index (κ1) is 12.3. The Morgan fingerprint density at radius 3 is 2.38 bits per heavy atom. The molecule has 0 aromatic heterocycles. The maximum Gasteiger partial charge on any atom is 0.0282 e. The van der Waals surface area contributed by atoms with Crippen molar-refractivity contribution in [3.8, 4) is 0 Å². The first-order valence-electron chi connectivity index (χ1n) is 5.67. The third kappa shape index (κ3) is 3.19. The second-order valence-electron chi connectivity index (χ2n) is 4.34. The lowest BCUT2D eigenvalue weighted by Crippen LogP contribution is -2.25. The van der Waals surface area contributed by atoms with Crippen LogP contribution in [0.25, 0.3) is 0 Å². The molecule has 0 atom stereocenters. The van der Waals surface area contributed by atoms with E-state index in [9.17, 15) is 0 Å². The van der Waals surface area contributed by atoms with Crippen LogP contribution in [0.2, 0.25) is 0 Å². The molecule has 1 N–H and O–H groups in total. The van der Waals surface area contributed by atoms with Gasteiger partial charge in [0, 0.05) is 22.7 Å². The van der Waals surface area contributed by atoms with Crippen molar-refractivity contribution < 1.29 is 0 Å². The van der Waals surface area contributed by atoms with Gasteiger partial charge in [0.15, 0.2) is 0 Å². The van der Waals surface area contributed by atoms with Crippen molar-refractivity contribution in [2.24, 2.45) is 0 Å². The SMILES string of the molecule is CSc1ccc(CNCC2(SC)CC2)cc1. The Balaban J connectivity index is 1.76. The first-order chi connectivity index (χ1) is 7.78. The summed E-state index contributed by atoms with van der Waals surface area (Å²) >= 11 is 3.81. The standard InChI is InChI=1S/C13H19NS2/c1-15-12-5-3-11(4-6-12)9-14-10-13(16-2)7-8-13/h3-6,14H,7-10H2,1-2H3. The van der Waals surface area contributed by atoms with E-state index in [1.54, 1.807) is 11.8 Å². The van der Waals surface area contributed by atoms with Crippen LogP contribution in [0.1, 0.15) is 18.4 Å². The molecule has 16 heavy (non-hydrogen) atoms. The summed E-state index contributed by atoms with van der Waals surface area (Å²) in [7, 11) is 0. The van der Waals surface area contributed by atoms with Gasteiger partial charge in [-0.05, 0) is 43.0 Å². The largest absolute Gasteiger partial charge is 0.311 e. The zero-order valence-corrected chi connectivity index (χ0v) is 11.6. The van der Waals surface area contributed by atoms with Crippen LogP contribution in [0.4, 0.5) is 0 Å². The smallest absolute Gasteiger partial charge is 0.0282 e. The molecular weight excluding hydrogens is 234 g/mol. The van der Waals surface area contributed by atoms with Crippen LogP contribution in [-0.4, -0.2) is 23.8 Å². The lowest BCUT2D eigenvalue weighted by molar-refractivity contribution is 0.663. The molecule has 3 heteroatoms. The molecule has 1 aliphatic carbocycles. The predicted molar refractivity (Wildman–Crippen MR) is 75.4 cm³/mol. The summed E-state index contributed by atoms with van der Waals surface area (Å²) in [6, 6.07) is 8.83. The highest BCUT2D eigenvalue weighted by Crippen LogP contribution is 2.46. The summed E-state index contributed by atoms with van der Waals surface area (Å²) in [5, 5.41) is 3.57. The zero-order chi connectivity index (χ0) is 11.4. The fourth-order valence-corrected chi connectivity index (χ4v) is 2.94. The molecule has 0 saturated heterocycles. The van der Waals surface area contributed by atoms with Gasteiger partial charge < -0.3 is 5.32 Å². The van der Waals surface area contributed by atoms with Crippen molar-refractivity contribution >= 4 is 23.5 Å². The highest BCUT2D eigenvalue weighted by Gasteiger charge is 2.41. The van der Waals surface area contributed by atoms with E-state index in [-0.39, 0.29) is 0 Å². The molecule has 0 spiro atoms. The van der Waals surface area contributed by atoms with Crippen molar-refractivity contribution in [2.75, 3.05) is 19.1 Å². The summed E-state index contributed by atoms with van der Waals surface area (Å²) < 4.78 is 0.569. The zero-order valence-electron chi connectivity index (χ0n) is 9.95. The van der Waals surface area contributed by atoms with Crippen LogP contribution in [0, 0.1) is 0 Å². The molecule has 1 aromatic rings. The summed E-state index contributed by atoms with van der Waals surface area (Å²) in [5.74, 6) is 0. The molecule has 0 aliphatic heterocycles. The first-order valence-corrected chi connectivity index (χ1v) is 8.12. The minimum absolute atomic E-state index is 0.569. The summed E-state index contributed by atoms with van der Waals surface area (Å²) in [5.41, 5.74) is 1.38. The molecule has 0 unspecified atom stereocenters.